The molecule has 0 radical (unpaired) electrons. The Morgan fingerprint density at radius 3 is 2.65 bits per heavy atom. The number of hydrogen-bond donors (Lipinski definition) is 1. The Labute approximate surface area is 210 Å². The van der Waals surface area contributed by atoms with E-state index in [9.17, 15) is 8.78 Å². The van der Waals surface area contributed by atoms with Crippen molar-refractivity contribution in [2.75, 3.05) is 52.1 Å². The topological polar surface area (TPSA) is 94.6 Å². The van der Waals surface area contributed by atoms with Crippen LogP contribution in [0.25, 0.3) is 27.7 Å². The highest BCUT2D eigenvalue weighted by atomic mass is 19.1. The molecule has 2 saturated heterocycles. The van der Waals surface area contributed by atoms with E-state index in [1.54, 1.807) is 18.2 Å². The van der Waals surface area contributed by atoms with Crippen LogP contribution in [-0.2, 0) is 4.74 Å². The number of piperidine rings is 1. The third-order valence-corrected chi connectivity index (χ3v) is 7.21. The molecule has 0 atom stereocenters. The number of benzene rings is 1. The number of fused-ring (bicyclic) bond motifs is 2. The molecule has 4 aromatic rings. The molecule has 1 N–H and O–H groups in total. The maximum absolute atomic E-state index is 15.3. The SMILES string of the molecule is COc1nc(NC2CCN(C3COC3)CC2)nn2cc(F)c(-c3ccc4nnn(C(CF)CF)c4c3)c12. The number of likely N-dealkylation sites (tertiary alicyclic amines) is 1. The van der Waals surface area contributed by atoms with Gasteiger partial charge in [0.25, 0.3) is 0 Å². The van der Waals surface area contributed by atoms with Crippen LogP contribution >= 0.6 is 0 Å². The van der Waals surface area contributed by atoms with Crippen molar-refractivity contribution in [3.05, 3.63) is 30.2 Å². The number of hydrogen-bond acceptors (Lipinski definition) is 8. The van der Waals surface area contributed by atoms with Crippen molar-refractivity contribution in [2.24, 2.45) is 0 Å². The number of alkyl halides is 2. The predicted molar refractivity (Wildman–Crippen MR) is 130 cm³/mol. The van der Waals surface area contributed by atoms with Gasteiger partial charge in [-0.2, -0.15) is 4.98 Å². The summed E-state index contributed by atoms with van der Waals surface area (Å²) in [5.41, 5.74) is 1.87. The molecule has 2 fully saturated rings. The van der Waals surface area contributed by atoms with Gasteiger partial charge in [0.15, 0.2) is 5.82 Å². The van der Waals surface area contributed by atoms with Crippen molar-refractivity contribution in [2.45, 2.75) is 31.0 Å². The Balaban J connectivity index is 1.31. The molecule has 6 rings (SSSR count). The zero-order valence-corrected chi connectivity index (χ0v) is 20.3. The molecule has 13 heteroatoms. The molecule has 0 bridgehead atoms. The van der Waals surface area contributed by atoms with Crippen molar-refractivity contribution in [3.63, 3.8) is 0 Å². The number of nitrogens with zero attached hydrogens (tertiary/aromatic N) is 7. The summed E-state index contributed by atoms with van der Waals surface area (Å²) in [5.74, 6) is 0.0204. The average molecular weight is 517 g/mol. The number of methoxy groups -OCH3 is 1. The van der Waals surface area contributed by atoms with Crippen LogP contribution in [0.15, 0.2) is 24.4 Å². The Hall–Kier alpha value is -3.45. The van der Waals surface area contributed by atoms with E-state index in [-0.39, 0.29) is 17.5 Å². The summed E-state index contributed by atoms with van der Waals surface area (Å²) in [7, 11) is 1.47. The molecule has 0 spiro atoms. The highest BCUT2D eigenvalue weighted by molar-refractivity contribution is 5.89. The summed E-state index contributed by atoms with van der Waals surface area (Å²) >= 11 is 0. The second-order valence-corrected chi connectivity index (χ2v) is 9.44. The van der Waals surface area contributed by atoms with Crippen LogP contribution in [0.2, 0.25) is 0 Å². The molecule has 196 valence electrons. The van der Waals surface area contributed by atoms with E-state index in [0.717, 1.165) is 39.1 Å². The zero-order valence-electron chi connectivity index (χ0n) is 20.3. The number of rotatable bonds is 8. The summed E-state index contributed by atoms with van der Waals surface area (Å²) < 4.78 is 55.4. The normalized spacial score (nSPS) is 17.6. The highest BCUT2D eigenvalue weighted by Gasteiger charge is 2.30. The van der Waals surface area contributed by atoms with Crippen molar-refractivity contribution >= 4 is 22.5 Å². The van der Waals surface area contributed by atoms with E-state index < -0.39 is 25.2 Å². The first-order valence-corrected chi connectivity index (χ1v) is 12.3. The van der Waals surface area contributed by atoms with E-state index in [1.807, 2.05) is 0 Å². The van der Waals surface area contributed by atoms with Gasteiger partial charge in [-0.15, -0.1) is 10.2 Å². The van der Waals surface area contributed by atoms with Crippen molar-refractivity contribution in [1.29, 1.82) is 0 Å². The van der Waals surface area contributed by atoms with Gasteiger partial charge in [0, 0.05) is 19.1 Å². The quantitative estimate of drug-likeness (QED) is 0.382. The first-order chi connectivity index (χ1) is 18.1. The molecule has 0 unspecified atom stereocenters. The fourth-order valence-corrected chi connectivity index (χ4v) is 5.06. The molecule has 0 aliphatic carbocycles. The molecule has 10 nitrogen and oxygen atoms in total. The lowest BCUT2D eigenvalue weighted by atomic mass is 10.0. The van der Waals surface area contributed by atoms with Crippen molar-refractivity contribution in [3.8, 4) is 17.0 Å². The number of anilines is 1. The number of nitrogens with one attached hydrogen (secondary N) is 1. The van der Waals surface area contributed by atoms with Crippen molar-refractivity contribution < 1.29 is 22.6 Å². The van der Waals surface area contributed by atoms with Gasteiger partial charge < -0.3 is 14.8 Å². The molecular weight excluding hydrogens is 489 g/mol. The smallest absolute Gasteiger partial charge is 0.244 e. The number of aromatic nitrogens is 6. The summed E-state index contributed by atoms with van der Waals surface area (Å²) in [6.45, 7) is 1.66. The van der Waals surface area contributed by atoms with Crippen LogP contribution in [0.5, 0.6) is 5.88 Å². The standard InChI is InChI=1S/C24H27F3N8O2/c1-36-23-22-21(14-2-3-19-20(8-14)35(32-30-19)16(9-25)10-26)18(27)11-34(22)31-24(29-23)28-15-4-6-33(7-5-15)17-12-37-13-17/h2-3,8,11,15-17H,4-7,9-10,12-13H2,1H3,(H,28,31). The Bertz CT molecular complexity index is 1410. The van der Waals surface area contributed by atoms with Crippen molar-refractivity contribution in [1.82, 2.24) is 34.5 Å². The van der Waals surface area contributed by atoms with Gasteiger partial charge in [-0.25, -0.2) is 22.4 Å². The Kier molecular flexibility index (Phi) is 6.32. The first-order valence-electron chi connectivity index (χ1n) is 12.3. The minimum absolute atomic E-state index is 0.188. The van der Waals surface area contributed by atoms with Crippen LogP contribution in [-0.4, -0.2) is 93.3 Å². The summed E-state index contributed by atoms with van der Waals surface area (Å²) in [6, 6.07) is 4.52. The largest absolute Gasteiger partial charge is 0.479 e. The lowest BCUT2D eigenvalue weighted by Crippen LogP contribution is -2.53. The van der Waals surface area contributed by atoms with Gasteiger partial charge in [0.05, 0.1) is 43.6 Å². The lowest BCUT2D eigenvalue weighted by molar-refractivity contribution is -0.0705. The van der Waals surface area contributed by atoms with E-state index >= 15 is 4.39 Å². The highest BCUT2D eigenvalue weighted by Crippen LogP contribution is 2.35. The molecule has 2 aliphatic heterocycles. The monoisotopic (exact) mass is 516 g/mol. The van der Waals surface area contributed by atoms with E-state index in [1.165, 1.54) is 22.5 Å². The Morgan fingerprint density at radius 2 is 1.97 bits per heavy atom. The molecule has 0 amide bonds. The minimum Gasteiger partial charge on any atom is -0.479 e. The Morgan fingerprint density at radius 1 is 1.19 bits per heavy atom. The maximum atomic E-state index is 15.3. The van der Waals surface area contributed by atoms with Gasteiger partial charge in [-0.05, 0) is 30.5 Å². The lowest BCUT2D eigenvalue weighted by Gasteiger charge is -2.41. The minimum atomic E-state index is -1.10. The fourth-order valence-electron chi connectivity index (χ4n) is 5.06. The molecule has 3 aromatic heterocycles. The molecule has 1 aromatic carbocycles. The molecule has 0 saturated carbocycles. The van der Waals surface area contributed by atoms with E-state index in [0.29, 0.717) is 34.1 Å². The molecular formula is C24H27F3N8O2. The van der Waals surface area contributed by atoms with Gasteiger partial charge in [-0.3, -0.25) is 4.90 Å². The first kappa shape index (κ1) is 23.9. The summed E-state index contributed by atoms with van der Waals surface area (Å²) in [5, 5.41) is 15.7. The van der Waals surface area contributed by atoms with Crippen LogP contribution in [0, 0.1) is 5.82 Å². The average Bonchev–Trinajstić information content (AvgIpc) is 3.44. The van der Waals surface area contributed by atoms with Gasteiger partial charge in [0.2, 0.25) is 11.8 Å². The number of halogens is 3. The van der Waals surface area contributed by atoms with Crippen LogP contribution in [0.3, 0.4) is 0 Å². The predicted octanol–water partition coefficient (Wildman–Crippen LogP) is 3.04. The zero-order chi connectivity index (χ0) is 25.5. The summed E-state index contributed by atoms with van der Waals surface area (Å²) in [4.78, 5) is 6.97. The van der Waals surface area contributed by atoms with E-state index in [4.69, 9.17) is 9.47 Å². The van der Waals surface area contributed by atoms with E-state index in [2.05, 4.69) is 30.6 Å². The van der Waals surface area contributed by atoms with Gasteiger partial charge in [-0.1, -0.05) is 11.3 Å². The number of ether oxygens (including phenoxy) is 2. The maximum Gasteiger partial charge on any atom is 0.244 e. The molecule has 5 heterocycles. The van der Waals surface area contributed by atoms with Gasteiger partial charge >= 0.3 is 0 Å². The molecule has 2 aliphatic rings. The third kappa shape index (κ3) is 4.25. The second-order valence-electron chi connectivity index (χ2n) is 9.44. The third-order valence-electron chi connectivity index (χ3n) is 7.21. The fraction of sp³-hybridized carbons (Fsp3) is 0.500. The molecule has 37 heavy (non-hydrogen) atoms. The van der Waals surface area contributed by atoms with Crippen LogP contribution in [0.4, 0.5) is 19.1 Å². The summed E-state index contributed by atoms with van der Waals surface area (Å²) in [6.07, 6.45) is 3.14. The van der Waals surface area contributed by atoms with Crippen LogP contribution < -0.4 is 10.1 Å². The van der Waals surface area contributed by atoms with Crippen LogP contribution in [0.1, 0.15) is 18.9 Å². The van der Waals surface area contributed by atoms with Gasteiger partial charge in [0.1, 0.15) is 30.4 Å². The second kappa shape index (κ2) is 9.78.